The first-order valence-corrected chi connectivity index (χ1v) is 5.79. The maximum atomic E-state index is 11.8. The maximum Gasteiger partial charge on any atom is 0.352 e. The van der Waals surface area contributed by atoms with Gasteiger partial charge in [-0.15, -0.1) is 0 Å². The monoisotopic (exact) mass is 262 g/mol. The van der Waals surface area contributed by atoms with Gasteiger partial charge in [0, 0.05) is 13.2 Å². The Labute approximate surface area is 96.5 Å². The van der Waals surface area contributed by atoms with E-state index in [2.05, 4.69) is 4.98 Å². The number of carboxylic acid groups (broad SMARTS) is 2. The van der Waals surface area contributed by atoms with Gasteiger partial charge in [-0.25, -0.2) is 13.2 Å². The highest BCUT2D eigenvalue weighted by atomic mass is 32.2. The lowest BCUT2D eigenvalue weighted by atomic mass is 10.4. The molecule has 9 heteroatoms. The number of sulfonamides is 1. The average Bonchev–Trinajstić information content (AvgIpc) is 2.65. The molecule has 0 aliphatic heterocycles. The fourth-order valence-corrected chi connectivity index (χ4v) is 2.22. The number of aromatic amines is 1. The zero-order chi connectivity index (χ0) is 13.2. The highest BCUT2D eigenvalue weighted by Crippen LogP contribution is 2.15. The second-order valence-electron chi connectivity index (χ2n) is 3.21. The standard InChI is InChI=1S/C8H10N2O6S/c1-10(4-7(11)12)17(15,16)5-2-6(8(13)14)9-3-5/h2-3,9H,4H2,1H3,(H,11,12)(H,13,14). The SMILES string of the molecule is CN(CC(=O)O)S(=O)(=O)c1c[nH]c(C(=O)O)c1. The number of nitrogens with zero attached hydrogens (tertiary/aromatic N) is 1. The van der Waals surface area contributed by atoms with Crippen molar-refractivity contribution in [3.05, 3.63) is 18.0 Å². The van der Waals surface area contributed by atoms with E-state index in [0.717, 1.165) is 19.3 Å². The molecule has 17 heavy (non-hydrogen) atoms. The molecule has 0 aliphatic rings. The van der Waals surface area contributed by atoms with E-state index in [9.17, 15) is 18.0 Å². The molecular formula is C8H10N2O6S. The summed E-state index contributed by atoms with van der Waals surface area (Å²) in [6.45, 7) is -0.698. The van der Waals surface area contributed by atoms with Crippen molar-refractivity contribution in [2.24, 2.45) is 0 Å². The topological polar surface area (TPSA) is 128 Å². The molecule has 0 atom stereocenters. The number of carboxylic acids is 2. The molecule has 94 valence electrons. The summed E-state index contributed by atoms with van der Waals surface area (Å²) in [5.41, 5.74) is -0.285. The van der Waals surface area contributed by atoms with Gasteiger partial charge in [0.05, 0.1) is 0 Å². The van der Waals surface area contributed by atoms with E-state index in [4.69, 9.17) is 10.2 Å². The van der Waals surface area contributed by atoms with E-state index < -0.39 is 28.5 Å². The van der Waals surface area contributed by atoms with Gasteiger partial charge < -0.3 is 15.2 Å². The zero-order valence-corrected chi connectivity index (χ0v) is 9.56. The van der Waals surface area contributed by atoms with Crippen molar-refractivity contribution in [1.29, 1.82) is 0 Å². The van der Waals surface area contributed by atoms with Crippen LogP contribution in [0.2, 0.25) is 0 Å². The molecule has 1 heterocycles. The van der Waals surface area contributed by atoms with Crippen LogP contribution in [0.15, 0.2) is 17.2 Å². The van der Waals surface area contributed by atoms with Crippen LogP contribution in [-0.4, -0.2) is 53.5 Å². The van der Waals surface area contributed by atoms with Gasteiger partial charge >= 0.3 is 11.9 Å². The molecule has 8 nitrogen and oxygen atoms in total. The van der Waals surface area contributed by atoms with Gasteiger partial charge in [0.1, 0.15) is 17.1 Å². The van der Waals surface area contributed by atoms with E-state index >= 15 is 0 Å². The lowest BCUT2D eigenvalue weighted by Crippen LogP contribution is -2.31. The van der Waals surface area contributed by atoms with Gasteiger partial charge in [0.2, 0.25) is 10.0 Å². The minimum Gasteiger partial charge on any atom is -0.480 e. The normalized spacial score (nSPS) is 11.6. The molecule has 0 aromatic carbocycles. The fourth-order valence-electron chi connectivity index (χ4n) is 1.10. The van der Waals surface area contributed by atoms with Crippen LogP contribution in [0.3, 0.4) is 0 Å². The first-order chi connectivity index (χ1) is 7.75. The summed E-state index contributed by atoms with van der Waals surface area (Å²) in [5, 5.41) is 17.1. The smallest absolute Gasteiger partial charge is 0.352 e. The number of carbonyl (C=O) groups is 2. The molecule has 1 rings (SSSR count). The third-order valence-corrected chi connectivity index (χ3v) is 3.73. The number of H-pyrrole nitrogens is 1. The van der Waals surface area contributed by atoms with Crippen molar-refractivity contribution in [3.63, 3.8) is 0 Å². The largest absolute Gasteiger partial charge is 0.480 e. The minimum atomic E-state index is -3.99. The zero-order valence-electron chi connectivity index (χ0n) is 8.74. The maximum absolute atomic E-state index is 11.8. The Morgan fingerprint density at radius 2 is 2.00 bits per heavy atom. The number of likely N-dealkylation sites (N-methyl/N-ethyl adjacent to an activating group) is 1. The highest BCUT2D eigenvalue weighted by molar-refractivity contribution is 7.89. The minimum absolute atomic E-state index is 0.285. The number of hydrogen-bond acceptors (Lipinski definition) is 4. The number of aromatic carboxylic acids is 1. The van der Waals surface area contributed by atoms with E-state index in [1.54, 1.807) is 0 Å². The predicted molar refractivity (Wildman–Crippen MR) is 55.2 cm³/mol. The van der Waals surface area contributed by atoms with Crippen molar-refractivity contribution in [1.82, 2.24) is 9.29 Å². The molecule has 0 saturated heterocycles. The molecule has 0 fully saturated rings. The van der Waals surface area contributed by atoms with Crippen molar-refractivity contribution < 1.29 is 28.2 Å². The van der Waals surface area contributed by atoms with Crippen LogP contribution in [0.1, 0.15) is 10.5 Å². The molecule has 0 spiro atoms. The van der Waals surface area contributed by atoms with E-state index in [1.165, 1.54) is 0 Å². The Bertz CT molecular complexity index is 546. The quantitative estimate of drug-likeness (QED) is 0.651. The lowest BCUT2D eigenvalue weighted by Gasteiger charge is -2.12. The molecule has 3 N–H and O–H groups in total. The molecular weight excluding hydrogens is 252 g/mol. The van der Waals surface area contributed by atoms with Crippen LogP contribution < -0.4 is 0 Å². The van der Waals surface area contributed by atoms with Crippen molar-refractivity contribution >= 4 is 22.0 Å². The summed E-state index contributed by atoms with van der Waals surface area (Å²) in [6, 6.07) is 0.927. The number of hydrogen-bond donors (Lipinski definition) is 3. The Morgan fingerprint density at radius 3 is 2.41 bits per heavy atom. The summed E-state index contributed by atoms with van der Waals surface area (Å²) >= 11 is 0. The molecule has 0 amide bonds. The fraction of sp³-hybridized carbons (Fsp3) is 0.250. The summed E-state index contributed by atoms with van der Waals surface area (Å²) in [4.78, 5) is 22.9. The van der Waals surface area contributed by atoms with E-state index in [-0.39, 0.29) is 10.6 Å². The molecule has 0 unspecified atom stereocenters. The van der Waals surface area contributed by atoms with E-state index in [1.807, 2.05) is 0 Å². The Hall–Kier alpha value is -1.87. The van der Waals surface area contributed by atoms with Crippen molar-refractivity contribution in [2.45, 2.75) is 4.90 Å². The molecule has 1 aromatic rings. The Balaban J connectivity index is 3.04. The molecule has 0 bridgehead atoms. The molecule has 1 aromatic heterocycles. The Morgan fingerprint density at radius 1 is 1.41 bits per heavy atom. The van der Waals surface area contributed by atoms with Gasteiger partial charge in [-0.3, -0.25) is 4.79 Å². The van der Waals surface area contributed by atoms with Gasteiger partial charge in [-0.1, -0.05) is 0 Å². The molecule has 0 saturated carbocycles. The van der Waals surface area contributed by atoms with Crippen LogP contribution in [0, 0.1) is 0 Å². The second-order valence-corrected chi connectivity index (χ2v) is 5.25. The third-order valence-electron chi connectivity index (χ3n) is 1.95. The average molecular weight is 262 g/mol. The first-order valence-electron chi connectivity index (χ1n) is 4.35. The number of rotatable bonds is 5. The summed E-state index contributed by atoms with van der Waals surface area (Å²) in [6.07, 6.45) is 0.997. The highest BCUT2D eigenvalue weighted by Gasteiger charge is 2.24. The Kier molecular flexibility index (Phi) is 3.53. The van der Waals surface area contributed by atoms with Crippen molar-refractivity contribution in [3.8, 4) is 0 Å². The van der Waals surface area contributed by atoms with Crippen LogP contribution >= 0.6 is 0 Å². The number of aromatic nitrogens is 1. The van der Waals surface area contributed by atoms with Crippen LogP contribution in [0.4, 0.5) is 0 Å². The second kappa shape index (κ2) is 4.55. The van der Waals surface area contributed by atoms with Crippen LogP contribution in [0.25, 0.3) is 0 Å². The van der Waals surface area contributed by atoms with Gasteiger partial charge in [0.15, 0.2) is 0 Å². The first kappa shape index (κ1) is 13.2. The molecule has 0 radical (unpaired) electrons. The van der Waals surface area contributed by atoms with Crippen molar-refractivity contribution in [2.75, 3.05) is 13.6 Å². The van der Waals surface area contributed by atoms with Gasteiger partial charge in [-0.2, -0.15) is 4.31 Å². The van der Waals surface area contributed by atoms with Gasteiger partial charge in [0.25, 0.3) is 0 Å². The van der Waals surface area contributed by atoms with Crippen LogP contribution in [0.5, 0.6) is 0 Å². The molecule has 0 aliphatic carbocycles. The van der Waals surface area contributed by atoms with E-state index in [0.29, 0.717) is 4.31 Å². The predicted octanol–water partition coefficient (Wildman–Crippen LogP) is -0.582. The summed E-state index contributed by atoms with van der Waals surface area (Å²) < 4.78 is 24.1. The summed E-state index contributed by atoms with van der Waals surface area (Å²) in [7, 11) is -2.89. The van der Waals surface area contributed by atoms with Gasteiger partial charge in [-0.05, 0) is 6.07 Å². The third kappa shape index (κ3) is 2.82. The summed E-state index contributed by atoms with van der Waals surface area (Å²) in [5.74, 6) is -2.60. The lowest BCUT2D eigenvalue weighted by molar-refractivity contribution is -0.137. The number of aliphatic carboxylic acids is 1. The van der Waals surface area contributed by atoms with Crippen LogP contribution in [-0.2, 0) is 14.8 Å². The number of nitrogens with one attached hydrogen (secondary N) is 1.